The van der Waals surface area contributed by atoms with Crippen molar-refractivity contribution >= 4 is 11.6 Å². The topological polar surface area (TPSA) is 69.0 Å². The van der Waals surface area contributed by atoms with Crippen LogP contribution < -0.4 is 10.1 Å². The van der Waals surface area contributed by atoms with E-state index >= 15 is 0 Å². The number of hydrogen-bond donors (Lipinski definition) is 1. The predicted octanol–water partition coefficient (Wildman–Crippen LogP) is 2.46. The number of aromatic nitrogens is 3. The first kappa shape index (κ1) is 14.8. The van der Waals surface area contributed by atoms with E-state index in [1.165, 1.54) is 6.33 Å². The molecule has 0 aliphatic carbocycles. The number of nitrogens with one attached hydrogen (secondary N) is 1. The van der Waals surface area contributed by atoms with Gasteiger partial charge in [-0.15, -0.1) is 0 Å². The highest BCUT2D eigenvalue weighted by molar-refractivity contribution is 5.94. The molecule has 0 saturated heterocycles. The van der Waals surface area contributed by atoms with Crippen molar-refractivity contribution in [1.82, 2.24) is 14.8 Å². The van der Waals surface area contributed by atoms with Gasteiger partial charge in [-0.1, -0.05) is 30.3 Å². The molecule has 0 spiro atoms. The van der Waals surface area contributed by atoms with Gasteiger partial charge in [0.25, 0.3) is 0 Å². The fraction of sp³-hybridized carbons (Fsp3) is 0.118. The smallest absolute Gasteiger partial charge is 0.228 e. The van der Waals surface area contributed by atoms with Crippen LogP contribution in [0.15, 0.2) is 61.2 Å². The molecule has 0 bridgehead atoms. The molecule has 1 heterocycles. The second-order valence-electron chi connectivity index (χ2n) is 4.89. The summed E-state index contributed by atoms with van der Waals surface area (Å²) >= 11 is 0. The van der Waals surface area contributed by atoms with Gasteiger partial charge < -0.3 is 10.1 Å². The number of para-hydroxylation sites is 3. The first-order valence-electron chi connectivity index (χ1n) is 7.13. The van der Waals surface area contributed by atoms with Gasteiger partial charge in [0.15, 0.2) is 0 Å². The molecule has 0 unspecified atom stereocenters. The van der Waals surface area contributed by atoms with Crippen LogP contribution in [0.3, 0.4) is 0 Å². The van der Waals surface area contributed by atoms with E-state index in [0.29, 0.717) is 11.4 Å². The van der Waals surface area contributed by atoms with E-state index in [2.05, 4.69) is 15.4 Å². The SMILES string of the molecule is COc1ccccc1CC(=O)Nc1ccccc1-n1cncn1. The molecule has 6 nitrogen and oxygen atoms in total. The molecule has 3 aromatic rings. The summed E-state index contributed by atoms with van der Waals surface area (Å²) in [4.78, 5) is 16.3. The van der Waals surface area contributed by atoms with Crippen LogP contribution in [0, 0.1) is 0 Å². The molecular formula is C17H16N4O2. The van der Waals surface area contributed by atoms with Crippen molar-refractivity contribution in [1.29, 1.82) is 0 Å². The average Bonchev–Trinajstić information content (AvgIpc) is 3.10. The Morgan fingerprint density at radius 3 is 2.74 bits per heavy atom. The summed E-state index contributed by atoms with van der Waals surface area (Å²) in [6.45, 7) is 0. The first-order chi connectivity index (χ1) is 11.3. The molecule has 0 radical (unpaired) electrons. The van der Waals surface area contributed by atoms with Crippen LogP contribution >= 0.6 is 0 Å². The third-order valence-corrected chi connectivity index (χ3v) is 3.39. The van der Waals surface area contributed by atoms with Crippen LogP contribution in [0.1, 0.15) is 5.56 Å². The van der Waals surface area contributed by atoms with Gasteiger partial charge in [0.05, 0.1) is 24.9 Å². The van der Waals surface area contributed by atoms with E-state index in [1.807, 2.05) is 48.5 Å². The van der Waals surface area contributed by atoms with Crippen LogP contribution in [0.25, 0.3) is 5.69 Å². The molecule has 3 rings (SSSR count). The third-order valence-electron chi connectivity index (χ3n) is 3.39. The lowest BCUT2D eigenvalue weighted by molar-refractivity contribution is -0.115. The largest absolute Gasteiger partial charge is 0.496 e. The average molecular weight is 308 g/mol. The second-order valence-corrected chi connectivity index (χ2v) is 4.89. The summed E-state index contributed by atoms with van der Waals surface area (Å²) in [6, 6.07) is 14.9. The molecule has 0 atom stereocenters. The quantitative estimate of drug-likeness (QED) is 0.786. The summed E-state index contributed by atoms with van der Waals surface area (Å²) < 4.78 is 6.89. The standard InChI is InChI=1S/C17H16N4O2/c1-23-16-9-5-2-6-13(16)10-17(22)20-14-7-3-4-8-15(14)21-12-18-11-19-21/h2-9,11-12H,10H2,1H3,(H,20,22). The number of benzene rings is 2. The Bertz CT molecular complexity index is 800. The van der Waals surface area contributed by atoms with E-state index in [-0.39, 0.29) is 12.3 Å². The maximum Gasteiger partial charge on any atom is 0.228 e. The maximum atomic E-state index is 12.4. The number of carbonyl (C=O) groups is 1. The minimum Gasteiger partial charge on any atom is -0.496 e. The molecule has 1 N–H and O–H groups in total. The van der Waals surface area contributed by atoms with Crippen molar-refractivity contribution in [2.24, 2.45) is 0 Å². The Kier molecular flexibility index (Phi) is 4.33. The molecule has 1 amide bonds. The van der Waals surface area contributed by atoms with Gasteiger partial charge in [-0.05, 0) is 18.2 Å². The number of rotatable bonds is 5. The van der Waals surface area contributed by atoms with E-state index in [4.69, 9.17) is 4.74 Å². The van der Waals surface area contributed by atoms with Crippen molar-refractivity contribution < 1.29 is 9.53 Å². The fourth-order valence-electron chi connectivity index (χ4n) is 2.33. The molecule has 0 aliphatic rings. The Morgan fingerprint density at radius 1 is 1.17 bits per heavy atom. The summed E-state index contributed by atoms with van der Waals surface area (Å²) in [5.41, 5.74) is 2.28. The van der Waals surface area contributed by atoms with Crippen molar-refractivity contribution in [2.45, 2.75) is 6.42 Å². The van der Waals surface area contributed by atoms with Gasteiger partial charge >= 0.3 is 0 Å². The molecule has 116 valence electrons. The highest BCUT2D eigenvalue weighted by Gasteiger charge is 2.11. The minimum absolute atomic E-state index is 0.123. The highest BCUT2D eigenvalue weighted by Crippen LogP contribution is 2.21. The molecule has 6 heteroatoms. The predicted molar refractivity (Wildman–Crippen MR) is 86.7 cm³/mol. The van der Waals surface area contributed by atoms with Crippen molar-refractivity contribution in [3.63, 3.8) is 0 Å². The van der Waals surface area contributed by atoms with Crippen LogP contribution in [0.5, 0.6) is 5.75 Å². The van der Waals surface area contributed by atoms with Gasteiger partial charge in [0, 0.05) is 5.56 Å². The summed E-state index contributed by atoms with van der Waals surface area (Å²) in [5.74, 6) is 0.578. The van der Waals surface area contributed by atoms with Crippen LogP contribution in [-0.4, -0.2) is 27.8 Å². The van der Waals surface area contributed by atoms with Gasteiger partial charge in [-0.2, -0.15) is 5.10 Å². The first-order valence-corrected chi connectivity index (χ1v) is 7.13. The Hall–Kier alpha value is -3.15. The third kappa shape index (κ3) is 3.37. The zero-order chi connectivity index (χ0) is 16.1. The Labute approximate surface area is 133 Å². The zero-order valence-electron chi connectivity index (χ0n) is 12.6. The van der Waals surface area contributed by atoms with Crippen molar-refractivity contribution in [3.8, 4) is 11.4 Å². The van der Waals surface area contributed by atoms with Crippen LogP contribution in [0.2, 0.25) is 0 Å². The van der Waals surface area contributed by atoms with Crippen molar-refractivity contribution in [3.05, 3.63) is 66.7 Å². The van der Waals surface area contributed by atoms with E-state index in [9.17, 15) is 4.79 Å². The lowest BCUT2D eigenvalue weighted by atomic mass is 10.1. The minimum atomic E-state index is -0.123. The van der Waals surface area contributed by atoms with Gasteiger partial charge in [0.1, 0.15) is 18.4 Å². The van der Waals surface area contributed by atoms with Gasteiger partial charge in [-0.25, -0.2) is 9.67 Å². The van der Waals surface area contributed by atoms with Gasteiger partial charge in [-0.3, -0.25) is 4.79 Å². The number of carbonyl (C=O) groups excluding carboxylic acids is 1. The lowest BCUT2D eigenvalue weighted by Crippen LogP contribution is -2.16. The molecule has 0 aliphatic heterocycles. The van der Waals surface area contributed by atoms with E-state index in [0.717, 1.165) is 11.3 Å². The Morgan fingerprint density at radius 2 is 1.96 bits per heavy atom. The summed E-state index contributed by atoms with van der Waals surface area (Å²) in [7, 11) is 1.59. The maximum absolute atomic E-state index is 12.4. The number of hydrogen-bond acceptors (Lipinski definition) is 4. The van der Waals surface area contributed by atoms with E-state index < -0.39 is 0 Å². The second kappa shape index (κ2) is 6.74. The number of ether oxygens (including phenoxy) is 1. The fourth-order valence-corrected chi connectivity index (χ4v) is 2.33. The normalized spacial score (nSPS) is 10.3. The molecule has 0 saturated carbocycles. The summed E-state index contributed by atoms with van der Waals surface area (Å²) in [6.07, 6.45) is 3.27. The number of methoxy groups -OCH3 is 1. The molecular weight excluding hydrogens is 292 g/mol. The zero-order valence-corrected chi connectivity index (χ0v) is 12.6. The number of anilines is 1. The van der Waals surface area contributed by atoms with Gasteiger partial charge in [0.2, 0.25) is 5.91 Å². The monoisotopic (exact) mass is 308 g/mol. The lowest BCUT2D eigenvalue weighted by Gasteiger charge is -2.12. The van der Waals surface area contributed by atoms with E-state index in [1.54, 1.807) is 18.1 Å². The number of nitrogens with zero attached hydrogens (tertiary/aromatic N) is 3. The van der Waals surface area contributed by atoms with Crippen LogP contribution in [0.4, 0.5) is 5.69 Å². The number of amides is 1. The van der Waals surface area contributed by atoms with Crippen LogP contribution in [-0.2, 0) is 11.2 Å². The van der Waals surface area contributed by atoms with Crippen molar-refractivity contribution in [2.75, 3.05) is 12.4 Å². The molecule has 23 heavy (non-hydrogen) atoms. The highest BCUT2D eigenvalue weighted by atomic mass is 16.5. The summed E-state index contributed by atoms with van der Waals surface area (Å²) in [5, 5.41) is 7.02. The Balaban J connectivity index is 1.79. The molecule has 1 aromatic heterocycles. The molecule has 0 fully saturated rings. The molecule has 2 aromatic carbocycles.